The minimum absolute atomic E-state index is 0.616. The lowest BCUT2D eigenvalue weighted by Crippen LogP contribution is -2.29. The van der Waals surface area contributed by atoms with Crippen LogP contribution in [0.4, 0.5) is 34.1 Å². The fraction of sp³-hybridized carbons (Fsp3) is 0.0204. The quantitative estimate of drug-likeness (QED) is 0.150. The summed E-state index contributed by atoms with van der Waals surface area (Å²) in [4.78, 5) is 4.60. The van der Waals surface area contributed by atoms with Crippen molar-refractivity contribution in [1.82, 2.24) is 0 Å². The molecule has 1 aliphatic carbocycles. The van der Waals surface area contributed by atoms with Gasteiger partial charge in [0.25, 0.3) is 0 Å². The normalized spacial score (nSPS) is 12.5. The maximum atomic E-state index is 3.87. The van der Waals surface area contributed by atoms with Crippen LogP contribution in [0.5, 0.6) is 0 Å². The summed E-state index contributed by atoms with van der Waals surface area (Å²) in [6.45, 7) is 0. The second kappa shape index (κ2) is 16.1. The van der Waals surface area contributed by atoms with E-state index in [0.29, 0.717) is 0 Å². The van der Waals surface area contributed by atoms with Crippen molar-refractivity contribution >= 4 is 130 Å². The van der Waals surface area contributed by atoms with Gasteiger partial charge in [-0.2, -0.15) is 0 Å². The van der Waals surface area contributed by atoms with Gasteiger partial charge in [0, 0.05) is 61.0 Å². The molecule has 0 atom stereocenters. The summed E-state index contributed by atoms with van der Waals surface area (Å²) in [7, 11) is 0. The summed E-state index contributed by atoms with van der Waals surface area (Å²) in [6, 6.07) is 65.5. The van der Waals surface area contributed by atoms with Crippen molar-refractivity contribution in [3.05, 3.63) is 231 Å². The van der Waals surface area contributed by atoms with Gasteiger partial charge in [0.15, 0.2) is 0 Å². The molecule has 0 bridgehead atoms. The number of nitrogens with zero attached hydrogens (tertiary/aromatic N) is 2. The van der Waals surface area contributed by atoms with Crippen LogP contribution in [0.2, 0.25) is 0 Å². The van der Waals surface area contributed by atoms with E-state index in [2.05, 4.69) is 287 Å². The molecule has 8 aromatic rings. The predicted octanol–water partition coefficient (Wildman–Crippen LogP) is 17.6. The van der Waals surface area contributed by atoms with Crippen LogP contribution in [0.3, 0.4) is 0 Å². The molecule has 0 fully saturated rings. The highest BCUT2D eigenvalue weighted by atomic mass is 79.9. The van der Waals surface area contributed by atoms with E-state index in [1.54, 1.807) is 0 Å². The maximum Gasteiger partial charge on any atom is 0.0714 e. The van der Waals surface area contributed by atoms with Gasteiger partial charge in [0.1, 0.15) is 0 Å². The Balaban J connectivity index is 1.24. The van der Waals surface area contributed by atoms with Crippen molar-refractivity contribution in [1.29, 1.82) is 0 Å². The van der Waals surface area contributed by atoms with Gasteiger partial charge in [-0.1, -0.05) is 132 Å². The molecule has 1 aliphatic rings. The van der Waals surface area contributed by atoms with E-state index in [1.807, 2.05) is 0 Å². The molecular formula is C49H30Br6N2. The smallest absolute Gasteiger partial charge is 0.0714 e. The minimum atomic E-state index is -0.616. The van der Waals surface area contributed by atoms with E-state index in [1.165, 1.54) is 33.4 Å². The number of halogens is 6. The molecular weight excluding hydrogens is 1100 g/mol. The van der Waals surface area contributed by atoms with Gasteiger partial charge in [0.05, 0.1) is 5.41 Å². The molecule has 0 amide bonds. The number of hydrogen-bond acceptors (Lipinski definition) is 2. The van der Waals surface area contributed by atoms with E-state index in [0.717, 1.165) is 61.0 Å². The number of fused-ring (bicyclic) bond motifs is 3. The van der Waals surface area contributed by atoms with Gasteiger partial charge in [-0.05, 0) is 179 Å². The highest BCUT2D eigenvalue weighted by Gasteiger charge is 2.46. The van der Waals surface area contributed by atoms with Gasteiger partial charge in [0.2, 0.25) is 0 Å². The van der Waals surface area contributed by atoms with E-state index >= 15 is 0 Å². The Hall–Kier alpha value is -3.76. The van der Waals surface area contributed by atoms with E-state index in [4.69, 9.17) is 0 Å². The summed E-state index contributed by atoms with van der Waals surface area (Å²) in [5, 5.41) is 0. The van der Waals surface area contributed by atoms with Crippen LogP contribution >= 0.6 is 95.6 Å². The summed E-state index contributed by atoms with van der Waals surface area (Å²) in [6.07, 6.45) is 0. The summed E-state index contributed by atoms with van der Waals surface area (Å²) >= 11 is 22.3. The fourth-order valence-corrected chi connectivity index (χ4v) is 9.81. The zero-order chi connectivity index (χ0) is 39.3. The molecule has 278 valence electrons. The Morgan fingerprint density at radius 1 is 0.263 bits per heavy atom. The first-order valence-corrected chi connectivity index (χ1v) is 22.9. The first-order chi connectivity index (χ1) is 27.7. The number of benzene rings is 8. The van der Waals surface area contributed by atoms with E-state index in [-0.39, 0.29) is 0 Å². The molecule has 9 rings (SSSR count). The Bertz CT molecular complexity index is 2430. The first kappa shape index (κ1) is 38.7. The molecule has 2 nitrogen and oxygen atoms in total. The van der Waals surface area contributed by atoms with Gasteiger partial charge >= 0.3 is 0 Å². The fourth-order valence-electron chi connectivity index (χ4n) is 8.03. The third-order valence-corrected chi connectivity index (χ3v) is 13.6. The molecule has 8 aromatic carbocycles. The number of rotatable bonds is 8. The molecule has 0 unspecified atom stereocenters. The second-order valence-corrected chi connectivity index (χ2v) is 19.3. The predicted molar refractivity (Wildman–Crippen MR) is 259 cm³/mol. The first-order valence-electron chi connectivity index (χ1n) is 18.1. The molecule has 0 saturated heterocycles. The third-order valence-electron chi connectivity index (χ3n) is 10.5. The summed E-state index contributed by atoms with van der Waals surface area (Å²) in [5.41, 5.74) is 13.1. The van der Waals surface area contributed by atoms with Crippen LogP contribution in [0.1, 0.15) is 22.3 Å². The van der Waals surface area contributed by atoms with Crippen LogP contribution in [-0.4, -0.2) is 0 Å². The van der Waals surface area contributed by atoms with Crippen molar-refractivity contribution in [3.8, 4) is 11.1 Å². The van der Waals surface area contributed by atoms with E-state index < -0.39 is 5.41 Å². The van der Waals surface area contributed by atoms with Crippen molar-refractivity contribution < 1.29 is 0 Å². The SMILES string of the molecule is Brc1ccc(N(c2ccc(Br)cc2)c2ccc(C3(c4ccc(N(c5ccc(Br)cc5)c5ccc(Br)cc5)cc4)c4cc(Br)ccc4-c4ccc(Br)cc43)cc2)cc1. The third kappa shape index (κ3) is 7.32. The monoisotopic (exact) mass is 1120 g/mol. The van der Waals surface area contributed by atoms with Crippen molar-refractivity contribution in [2.24, 2.45) is 0 Å². The highest BCUT2D eigenvalue weighted by Crippen LogP contribution is 2.57. The van der Waals surface area contributed by atoms with Crippen molar-refractivity contribution in [3.63, 3.8) is 0 Å². The van der Waals surface area contributed by atoms with Crippen LogP contribution in [0.15, 0.2) is 209 Å². The van der Waals surface area contributed by atoms with Crippen molar-refractivity contribution in [2.75, 3.05) is 9.80 Å². The van der Waals surface area contributed by atoms with Crippen LogP contribution < -0.4 is 9.80 Å². The molecule has 57 heavy (non-hydrogen) atoms. The molecule has 0 N–H and O–H groups in total. The molecule has 0 radical (unpaired) electrons. The second-order valence-electron chi connectivity index (χ2n) is 13.8. The minimum Gasteiger partial charge on any atom is -0.311 e. The van der Waals surface area contributed by atoms with Crippen LogP contribution in [-0.2, 0) is 5.41 Å². The average molecular weight is 1130 g/mol. The lowest BCUT2D eigenvalue weighted by Gasteiger charge is -2.35. The molecule has 0 aromatic heterocycles. The summed E-state index contributed by atoms with van der Waals surface area (Å²) < 4.78 is 6.24. The standard InChI is InChI=1S/C49H30Br6N2/c50-33-5-19-41(20-6-33)56(42-21-7-34(51)8-22-42)39-15-1-31(2-16-39)49(47-29-37(54)13-27-45(47)46-28-14-38(55)30-48(46)49)32-3-17-40(18-4-32)57(43-23-9-35(52)10-24-43)44-25-11-36(53)12-26-44/h1-30H. The van der Waals surface area contributed by atoms with Gasteiger partial charge < -0.3 is 9.80 Å². The topological polar surface area (TPSA) is 6.48 Å². The number of hydrogen-bond donors (Lipinski definition) is 0. The highest BCUT2D eigenvalue weighted by molar-refractivity contribution is 9.11. The lowest BCUT2D eigenvalue weighted by atomic mass is 9.67. The van der Waals surface area contributed by atoms with Crippen LogP contribution in [0.25, 0.3) is 11.1 Å². The molecule has 0 aliphatic heterocycles. The average Bonchev–Trinajstić information content (AvgIpc) is 3.50. The largest absolute Gasteiger partial charge is 0.311 e. The zero-order valence-corrected chi connectivity index (χ0v) is 39.5. The molecule has 0 heterocycles. The Morgan fingerprint density at radius 2 is 0.491 bits per heavy atom. The van der Waals surface area contributed by atoms with Crippen LogP contribution in [0, 0.1) is 0 Å². The zero-order valence-electron chi connectivity index (χ0n) is 30.0. The van der Waals surface area contributed by atoms with Gasteiger partial charge in [-0.3, -0.25) is 0 Å². The molecule has 0 spiro atoms. The number of anilines is 6. The Labute approximate surface area is 383 Å². The Morgan fingerprint density at radius 3 is 0.754 bits per heavy atom. The maximum absolute atomic E-state index is 3.87. The van der Waals surface area contributed by atoms with Crippen molar-refractivity contribution in [2.45, 2.75) is 5.41 Å². The van der Waals surface area contributed by atoms with Gasteiger partial charge in [-0.15, -0.1) is 0 Å². The summed E-state index contributed by atoms with van der Waals surface area (Å²) in [5.74, 6) is 0. The molecule has 8 heteroatoms. The van der Waals surface area contributed by atoms with Gasteiger partial charge in [-0.25, -0.2) is 0 Å². The lowest BCUT2D eigenvalue weighted by molar-refractivity contribution is 0.767. The Kier molecular flexibility index (Phi) is 11.0. The molecule has 0 saturated carbocycles. The van der Waals surface area contributed by atoms with E-state index in [9.17, 15) is 0 Å².